The molecule has 1 aromatic carbocycles. The van der Waals surface area contributed by atoms with Gasteiger partial charge in [-0.1, -0.05) is 24.3 Å². The fraction of sp³-hybridized carbons (Fsp3) is 0.421. The second kappa shape index (κ2) is 6.31. The number of rotatable bonds is 4. The fourth-order valence-corrected chi connectivity index (χ4v) is 4.80. The first kappa shape index (κ1) is 15.8. The maximum absolute atomic E-state index is 12.6. The Kier molecular flexibility index (Phi) is 4.16. The number of hydrogen-bond donors (Lipinski definition) is 2. The number of thiophene rings is 1. The maximum Gasteiger partial charge on any atom is 0.236 e. The highest BCUT2D eigenvalue weighted by atomic mass is 32.1. The predicted octanol–water partition coefficient (Wildman–Crippen LogP) is 2.06. The van der Waals surface area contributed by atoms with Crippen LogP contribution in [0.3, 0.4) is 0 Å². The molecule has 1 amide bonds. The van der Waals surface area contributed by atoms with Gasteiger partial charge in [0.2, 0.25) is 5.91 Å². The van der Waals surface area contributed by atoms with Crippen LogP contribution >= 0.6 is 11.3 Å². The van der Waals surface area contributed by atoms with Gasteiger partial charge in [-0.15, -0.1) is 11.3 Å². The first-order valence-electron chi connectivity index (χ1n) is 8.49. The Balaban J connectivity index is 1.44. The van der Waals surface area contributed by atoms with Crippen molar-refractivity contribution in [2.24, 2.45) is 0 Å². The minimum atomic E-state index is -0.477. The number of carbonyl (C=O) groups excluding carboxylic acids is 1. The van der Waals surface area contributed by atoms with Gasteiger partial charge in [-0.05, 0) is 47.4 Å². The molecular formula is C19H22N2O2S. The standard InChI is InChI=1S/C19H22N2O2S/c22-13-19(8-5-14-3-1-2-4-16(14)19)20-11-18(23)21-9-6-17-15(12-21)7-10-24-17/h1-4,7,10,20,22H,5-6,8-9,11-13H2. The van der Waals surface area contributed by atoms with Gasteiger partial charge >= 0.3 is 0 Å². The smallest absolute Gasteiger partial charge is 0.236 e. The van der Waals surface area contributed by atoms with Crippen molar-refractivity contribution in [2.75, 3.05) is 19.7 Å². The van der Waals surface area contributed by atoms with E-state index in [0.29, 0.717) is 6.54 Å². The van der Waals surface area contributed by atoms with Crippen LogP contribution in [0, 0.1) is 0 Å². The summed E-state index contributed by atoms with van der Waals surface area (Å²) in [6.07, 6.45) is 2.73. The van der Waals surface area contributed by atoms with E-state index in [2.05, 4.69) is 28.9 Å². The maximum atomic E-state index is 12.6. The third-order valence-electron chi connectivity index (χ3n) is 5.36. The summed E-state index contributed by atoms with van der Waals surface area (Å²) in [6, 6.07) is 10.3. The molecule has 1 atom stereocenters. The zero-order chi connectivity index (χ0) is 16.6. The molecule has 4 nitrogen and oxygen atoms in total. The zero-order valence-corrected chi connectivity index (χ0v) is 14.4. The van der Waals surface area contributed by atoms with E-state index in [-0.39, 0.29) is 19.1 Å². The lowest BCUT2D eigenvalue weighted by molar-refractivity contribution is -0.131. The number of carbonyl (C=O) groups is 1. The van der Waals surface area contributed by atoms with E-state index in [1.807, 2.05) is 17.0 Å². The first-order chi connectivity index (χ1) is 11.7. The van der Waals surface area contributed by atoms with Crippen molar-refractivity contribution in [1.82, 2.24) is 10.2 Å². The van der Waals surface area contributed by atoms with Crippen molar-refractivity contribution in [1.29, 1.82) is 0 Å². The summed E-state index contributed by atoms with van der Waals surface area (Å²) < 4.78 is 0. The highest BCUT2D eigenvalue weighted by Crippen LogP contribution is 2.36. The Morgan fingerprint density at radius 2 is 2.12 bits per heavy atom. The average Bonchev–Trinajstić information content (AvgIpc) is 3.24. The number of nitrogens with one attached hydrogen (secondary N) is 1. The van der Waals surface area contributed by atoms with E-state index in [1.54, 1.807) is 11.3 Å². The number of aryl methyl sites for hydroxylation is 1. The molecule has 0 saturated carbocycles. The van der Waals surface area contributed by atoms with Gasteiger partial charge in [0.15, 0.2) is 0 Å². The van der Waals surface area contributed by atoms with Gasteiger partial charge in [0, 0.05) is 18.0 Å². The number of nitrogens with zero attached hydrogens (tertiary/aromatic N) is 1. The third-order valence-corrected chi connectivity index (χ3v) is 6.39. The number of amides is 1. The molecule has 0 spiro atoms. The molecule has 0 radical (unpaired) electrons. The number of fused-ring (bicyclic) bond motifs is 2. The van der Waals surface area contributed by atoms with Crippen molar-refractivity contribution in [3.05, 3.63) is 57.3 Å². The van der Waals surface area contributed by atoms with Crippen LogP contribution < -0.4 is 5.32 Å². The molecule has 2 aliphatic rings. The van der Waals surface area contributed by atoms with Gasteiger partial charge in [0.05, 0.1) is 18.7 Å². The molecule has 0 fully saturated rings. The summed E-state index contributed by atoms with van der Waals surface area (Å²) >= 11 is 1.78. The summed E-state index contributed by atoms with van der Waals surface area (Å²) in [7, 11) is 0. The van der Waals surface area contributed by atoms with Crippen LogP contribution in [-0.2, 0) is 29.7 Å². The largest absolute Gasteiger partial charge is 0.394 e. The lowest BCUT2D eigenvalue weighted by atomic mass is 9.92. The van der Waals surface area contributed by atoms with E-state index in [4.69, 9.17) is 0 Å². The zero-order valence-electron chi connectivity index (χ0n) is 13.6. The van der Waals surface area contributed by atoms with Gasteiger partial charge in [0.1, 0.15) is 0 Å². The lowest BCUT2D eigenvalue weighted by Crippen LogP contribution is -2.49. The first-order valence-corrected chi connectivity index (χ1v) is 9.37. The molecule has 2 aromatic rings. The van der Waals surface area contributed by atoms with E-state index in [0.717, 1.165) is 31.4 Å². The van der Waals surface area contributed by atoms with Crippen molar-refractivity contribution in [3.63, 3.8) is 0 Å². The normalized spacial score (nSPS) is 22.3. The summed E-state index contributed by atoms with van der Waals surface area (Å²) in [6.45, 7) is 1.79. The molecule has 0 bridgehead atoms. The third kappa shape index (κ3) is 2.66. The monoisotopic (exact) mass is 342 g/mol. The average molecular weight is 342 g/mol. The number of aliphatic hydroxyl groups is 1. The lowest BCUT2D eigenvalue weighted by Gasteiger charge is -2.32. The molecule has 2 N–H and O–H groups in total. The van der Waals surface area contributed by atoms with E-state index in [9.17, 15) is 9.90 Å². The van der Waals surface area contributed by atoms with E-state index < -0.39 is 5.54 Å². The quantitative estimate of drug-likeness (QED) is 0.894. The SMILES string of the molecule is O=C(CNC1(CO)CCc2ccccc21)N1CCc2sccc2C1. The molecule has 5 heteroatoms. The molecule has 1 aromatic heterocycles. The molecule has 1 unspecified atom stereocenters. The molecule has 1 aliphatic carbocycles. The van der Waals surface area contributed by atoms with Crippen LogP contribution in [0.1, 0.15) is 28.0 Å². The Bertz CT molecular complexity index is 757. The second-order valence-electron chi connectivity index (χ2n) is 6.69. The number of benzene rings is 1. The molecule has 1 aliphatic heterocycles. The molecule has 4 rings (SSSR count). The van der Waals surface area contributed by atoms with Gasteiger partial charge in [0.25, 0.3) is 0 Å². The Morgan fingerprint density at radius 1 is 1.25 bits per heavy atom. The molecule has 0 saturated heterocycles. The summed E-state index contributed by atoms with van der Waals surface area (Å²) in [5.74, 6) is 0.115. The predicted molar refractivity (Wildman–Crippen MR) is 95.0 cm³/mol. The van der Waals surface area contributed by atoms with Crippen LogP contribution in [0.5, 0.6) is 0 Å². The molecule has 126 valence electrons. The van der Waals surface area contributed by atoms with Crippen LogP contribution in [-0.4, -0.2) is 35.6 Å². The molecule has 24 heavy (non-hydrogen) atoms. The summed E-state index contributed by atoms with van der Waals surface area (Å²) in [5, 5.41) is 15.5. The Labute approximate surface area is 146 Å². The summed E-state index contributed by atoms with van der Waals surface area (Å²) in [4.78, 5) is 16.0. The van der Waals surface area contributed by atoms with Gasteiger partial charge in [-0.25, -0.2) is 0 Å². The van der Waals surface area contributed by atoms with E-state index in [1.165, 1.54) is 16.0 Å². The fourth-order valence-electron chi connectivity index (χ4n) is 3.91. The minimum Gasteiger partial charge on any atom is -0.394 e. The number of hydrogen-bond acceptors (Lipinski definition) is 4. The van der Waals surface area contributed by atoms with Crippen LogP contribution in [0.2, 0.25) is 0 Å². The van der Waals surface area contributed by atoms with Crippen LogP contribution in [0.15, 0.2) is 35.7 Å². The highest BCUT2D eigenvalue weighted by Gasteiger charge is 2.38. The topological polar surface area (TPSA) is 52.6 Å². The van der Waals surface area contributed by atoms with E-state index >= 15 is 0 Å². The van der Waals surface area contributed by atoms with Gasteiger partial charge in [-0.2, -0.15) is 0 Å². The Morgan fingerprint density at radius 3 is 3.00 bits per heavy atom. The van der Waals surface area contributed by atoms with Crippen molar-refractivity contribution < 1.29 is 9.90 Å². The van der Waals surface area contributed by atoms with Crippen molar-refractivity contribution in [2.45, 2.75) is 31.3 Å². The van der Waals surface area contributed by atoms with Gasteiger partial charge < -0.3 is 10.0 Å². The van der Waals surface area contributed by atoms with Crippen molar-refractivity contribution >= 4 is 17.2 Å². The van der Waals surface area contributed by atoms with Gasteiger partial charge in [-0.3, -0.25) is 10.1 Å². The van der Waals surface area contributed by atoms with Crippen LogP contribution in [0.25, 0.3) is 0 Å². The molecule has 2 heterocycles. The minimum absolute atomic E-state index is 0.0198. The Hall–Kier alpha value is -1.69. The molecular weight excluding hydrogens is 320 g/mol. The second-order valence-corrected chi connectivity index (χ2v) is 7.69. The highest BCUT2D eigenvalue weighted by molar-refractivity contribution is 7.10. The number of aliphatic hydroxyl groups excluding tert-OH is 1. The summed E-state index contributed by atoms with van der Waals surface area (Å²) in [5.41, 5.74) is 3.21. The van der Waals surface area contributed by atoms with Crippen LogP contribution in [0.4, 0.5) is 0 Å². The van der Waals surface area contributed by atoms with Crippen molar-refractivity contribution in [3.8, 4) is 0 Å².